The Morgan fingerprint density at radius 3 is 2.79 bits per heavy atom. The highest BCUT2D eigenvalue weighted by molar-refractivity contribution is 6.00. The van der Waals surface area contributed by atoms with Gasteiger partial charge in [-0.25, -0.2) is 0 Å². The van der Waals surface area contributed by atoms with Crippen molar-refractivity contribution in [3.8, 4) is 17.2 Å². The predicted molar refractivity (Wildman–Crippen MR) is 104 cm³/mol. The summed E-state index contributed by atoms with van der Waals surface area (Å²) >= 11 is 0. The zero-order chi connectivity index (χ0) is 19.5. The summed E-state index contributed by atoms with van der Waals surface area (Å²) in [6.07, 6.45) is 1.13. The average molecular weight is 382 g/mol. The van der Waals surface area contributed by atoms with Crippen molar-refractivity contribution < 1.29 is 23.8 Å². The van der Waals surface area contributed by atoms with Crippen molar-refractivity contribution >= 4 is 23.2 Å². The fourth-order valence-corrected chi connectivity index (χ4v) is 3.21. The molecule has 0 unspecified atom stereocenters. The monoisotopic (exact) mass is 382 g/mol. The van der Waals surface area contributed by atoms with Crippen molar-refractivity contribution in [1.29, 1.82) is 0 Å². The average Bonchev–Trinajstić information content (AvgIpc) is 2.72. The fraction of sp³-hybridized carbons (Fsp3) is 0.333. The molecule has 7 nitrogen and oxygen atoms in total. The first-order valence-electron chi connectivity index (χ1n) is 9.42. The molecule has 0 spiro atoms. The van der Waals surface area contributed by atoms with Gasteiger partial charge in [0.1, 0.15) is 12.4 Å². The molecular weight excluding hydrogens is 360 g/mol. The van der Waals surface area contributed by atoms with Crippen LogP contribution in [0.15, 0.2) is 42.5 Å². The number of hydrogen-bond acceptors (Lipinski definition) is 5. The van der Waals surface area contributed by atoms with Gasteiger partial charge in [0.15, 0.2) is 18.1 Å². The summed E-state index contributed by atoms with van der Waals surface area (Å²) in [5, 5.41) is 2.85. The number of anilines is 2. The number of unbranched alkanes of at least 4 members (excludes halogenated alkanes) is 1. The molecule has 146 valence electrons. The number of rotatable bonds is 5. The zero-order valence-corrected chi connectivity index (χ0v) is 15.6. The summed E-state index contributed by atoms with van der Waals surface area (Å²) in [4.78, 5) is 26.6. The maximum absolute atomic E-state index is 12.6. The molecule has 2 aromatic rings. The van der Waals surface area contributed by atoms with Crippen LogP contribution in [0.5, 0.6) is 17.2 Å². The van der Waals surface area contributed by atoms with Gasteiger partial charge in [-0.15, -0.1) is 0 Å². The second-order valence-corrected chi connectivity index (χ2v) is 6.72. The Morgan fingerprint density at radius 1 is 1.14 bits per heavy atom. The summed E-state index contributed by atoms with van der Waals surface area (Å²) < 4.78 is 16.9. The van der Waals surface area contributed by atoms with Crippen LogP contribution in [0.1, 0.15) is 19.8 Å². The van der Waals surface area contributed by atoms with Crippen LogP contribution in [0.4, 0.5) is 11.4 Å². The number of hydrogen-bond donors (Lipinski definition) is 1. The molecule has 2 aliphatic rings. The number of nitrogens with zero attached hydrogens (tertiary/aromatic N) is 1. The normalized spacial score (nSPS) is 17.5. The van der Waals surface area contributed by atoms with E-state index in [1.165, 1.54) is 0 Å². The topological polar surface area (TPSA) is 77.1 Å². The van der Waals surface area contributed by atoms with E-state index in [0.29, 0.717) is 35.2 Å². The fourth-order valence-electron chi connectivity index (χ4n) is 3.21. The molecule has 0 bridgehead atoms. The smallest absolute Gasteiger partial charge is 0.269 e. The lowest BCUT2D eigenvalue weighted by atomic mass is 10.2. The third kappa shape index (κ3) is 3.60. The van der Waals surface area contributed by atoms with Gasteiger partial charge in [0.25, 0.3) is 11.8 Å². The largest absolute Gasteiger partial charge is 0.485 e. The van der Waals surface area contributed by atoms with Gasteiger partial charge in [-0.1, -0.05) is 25.5 Å². The number of carbonyl (C=O) groups excluding carboxylic acids is 2. The Hall–Kier alpha value is -3.22. The summed E-state index contributed by atoms with van der Waals surface area (Å²) in [6, 6.07) is 12.5. The number of carbonyl (C=O) groups is 2. The number of amides is 2. The lowest BCUT2D eigenvalue weighted by Crippen LogP contribution is -2.41. The standard InChI is InChI=1S/C21H22N2O5/c1-2-3-10-23-15-11-14(8-9-16(15)27-13-20(23)24)22-21(25)19-12-26-17-6-4-5-7-18(17)28-19/h4-9,11,19H,2-3,10,12-13H2,1H3,(H,22,25)/t19-/m1/s1. The quantitative estimate of drug-likeness (QED) is 0.860. The van der Waals surface area contributed by atoms with Crippen LogP contribution in [0.3, 0.4) is 0 Å². The van der Waals surface area contributed by atoms with Crippen molar-refractivity contribution in [3.63, 3.8) is 0 Å². The molecule has 0 aromatic heterocycles. The Morgan fingerprint density at radius 2 is 1.96 bits per heavy atom. The van der Waals surface area contributed by atoms with Crippen LogP contribution in [0.25, 0.3) is 0 Å². The maximum Gasteiger partial charge on any atom is 0.269 e. The molecular formula is C21H22N2O5. The molecule has 2 amide bonds. The molecule has 2 aliphatic heterocycles. The minimum atomic E-state index is -0.750. The van der Waals surface area contributed by atoms with Crippen molar-refractivity contribution in [3.05, 3.63) is 42.5 Å². The predicted octanol–water partition coefficient (Wildman–Crippen LogP) is 2.99. The van der Waals surface area contributed by atoms with E-state index in [2.05, 4.69) is 12.2 Å². The second kappa shape index (κ2) is 7.80. The van der Waals surface area contributed by atoms with E-state index in [0.717, 1.165) is 12.8 Å². The summed E-state index contributed by atoms with van der Waals surface area (Å²) in [5.74, 6) is 1.43. The molecule has 4 rings (SSSR count). The van der Waals surface area contributed by atoms with Crippen LogP contribution >= 0.6 is 0 Å². The molecule has 0 fully saturated rings. The third-order valence-electron chi connectivity index (χ3n) is 4.71. The van der Waals surface area contributed by atoms with Crippen LogP contribution in [-0.4, -0.2) is 37.7 Å². The Balaban J connectivity index is 1.49. The first-order chi connectivity index (χ1) is 13.7. The SMILES string of the molecule is CCCCN1C(=O)COc2ccc(NC(=O)[C@H]3COc4ccccc4O3)cc21. The van der Waals surface area contributed by atoms with E-state index in [4.69, 9.17) is 14.2 Å². The highest BCUT2D eigenvalue weighted by Gasteiger charge is 2.29. The van der Waals surface area contributed by atoms with Gasteiger partial charge in [-0.05, 0) is 36.8 Å². The van der Waals surface area contributed by atoms with Gasteiger partial charge < -0.3 is 24.4 Å². The van der Waals surface area contributed by atoms with Gasteiger partial charge in [0.05, 0.1) is 5.69 Å². The Kier molecular flexibility index (Phi) is 5.06. The number of nitrogens with one attached hydrogen (secondary N) is 1. The van der Waals surface area contributed by atoms with Gasteiger partial charge in [-0.2, -0.15) is 0 Å². The molecule has 0 saturated heterocycles. The van der Waals surface area contributed by atoms with Gasteiger partial charge in [0.2, 0.25) is 6.10 Å². The highest BCUT2D eigenvalue weighted by atomic mass is 16.6. The van der Waals surface area contributed by atoms with E-state index in [1.54, 1.807) is 35.2 Å². The Bertz CT molecular complexity index is 898. The van der Waals surface area contributed by atoms with E-state index in [-0.39, 0.29) is 25.0 Å². The number of benzene rings is 2. The molecule has 0 aliphatic carbocycles. The minimum absolute atomic E-state index is 0.0368. The number of para-hydroxylation sites is 2. The molecule has 7 heteroatoms. The summed E-state index contributed by atoms with van der Waals surface area (Å²) in [5.41, 5.74) is 1.25. The zero-order valence-electron chi connectivity index (χ0n) is 15.6. The van der Waals surface area contributed by atoms with Crippen molar-refractivity contribution in [2.45, 2.75) is 25.9 Å². The van der Waals surface area contributed by atoms with E-state index < -0.39 is 6.10 Å². The van der Waals surface area contributed by atoms with Gasteiger partial charge in [-0.3, -0.25) is 9.59 Å². The van der Waals surface area contributed by atoms with Crippen LogP contribution in [0.2, 0.25) is 0 Å². The van der Waals surface area contributed by atoms with Crippen LogP contribution < -0.4 is 24.4 Å². The number of fused-ring (bicyclic) bond motifs is 2. The van der Waals surface area contributed by atoms with E-state index in [9.17, 15) is 9.59 Å². The molecule has 0 radical (unpaired) electrons. The van der Waals surface area contributed by atoms with Crippen LogP contribution in [0, 0.1) is 0 Å². The minimum Gasteiger partial charge on any atom is -0.485 e. The van der Waals surface area contributed by atoms with E-state index >= 15 is 0 Å². The molecule has 1 N–H and O–H groups in total. The first kappa shape index (κ1) is 18.2. The van der Waals surface area contributed by atoms with Crippen molar-refractivity contribution in [2.24, 2.45) is 0 Å². The lowest BCUT2D eigenvalue weighted by molar-refractivity contribution is -0.125. The van der Waals surface area contributed by atoms with Crippen molar-refractivity contribution in [2.75, 3.05) is 30.0 Å². The number of ether oxygens (including phenoxy) is 3. The highest BCUT2D eigenvalue weighted by Crippen LogP contribution is 2.35. The molecule has 28 heavy (non-hydrogen) atoms. The van der Waals surface area contributed by atoms with Crippen LogP contribution in [-0.2, 0) is 9.59 Å². The third-order valence-corrected chi connectivity index (χ3v) is 4.71. The van der Waals surface area contributed by atoms with Gasteiger partial charge in [0, 0.05) is 12.2 Å². The summed E-state index contributed by atoms with van der Waals surface area (Å²) in [7, 11) is 0. The van der Waals surface area contributed by atoms with Crippen molar-refractivity contribution in [1.82, 2.24) is 0 Å². The molecule has 0 saturated carbocycles. The van der Waals surface area contributed by atoms with E-state index in [1.807, 2.05) is 12.1 Å². The molecule has 2 heterocycles. The summed E-state index contributed by atoms with van der Waals surface area (Å²) in [6.45, 7) is 2.87. The lowest BCUT2D eigenvalue weighted by Gasteiger charge is -2.30. The maximum atomic E-state index is 12.6. The van der Waals surface area contributed by atoms with Gasteiger partial charge >= 0.3 is 0 Å². The molecule has 2 aromatic carbocycles. The Labute approximate surface area is 163 Å². The molecule has 1 atom stereocenters. The first-order valence-corrected chi connectivity index (χ1v) is 9.42. The second-order valence-electron chi connectivity index (χ2n) is 6.72.